The molecule has 3 rings (SSSR count). The molecule has 2 aliphatic carbocycles. The second kappa shape index (κ2) is 6.73. The highest BCUT2D eigenvalue weighted by molar-refractivity contribution is 5.32. The van der Waals surface area contributed by atoms with E-state index in [4.69, 9.17) is 5.84 Å². The molecule has 2 heteroatoms. The van der Waals surface area contributed by atoms with Crippen LogP contribution in [0.25, 0.3) is 0 Å². The Morgan fingerprint density at radius 2 is 1.85 bits per heavy atom. The Morgan fingerprint density at radius 3 is 2.65 bits per heavy atom. The fraction of sp³-hybridized carbons (Fsp3) is 0.667. The molecule has 20 heavy (non-hydrogen) atoms. The van der Waals surface area contributed by atoms with Gasteiger partial charge >= 0.3 is 0 Å². The van der Waals surface area contributed by atoms with Crippen LogP contribution in [-0.4, -0.2) is 6.04 Å². The minimum absolute atomic E-state index is 0.495. The summed E-state index contributed by atoms with van der Waals surface area (Å²) in [7, 11) is 0. The molecule has 0 aromatic heterocycles. The molecule has 2 aliphatic rings. The van der Waals surface area contributed by atoms with Crippen LogP contribution in [-0.2, 0) is 6.42 Å². The zero-order chi connectivity index (χ0) is 13.8. The van der Waals surface area contributed by atoms with Crippen molar-refractivity contribution < 1.29 is 0 Å². The number of rotatable bonds is 5. The largest absolute Gasteiger partial charge is 0.271 e. The third kappa shape index (κ3) is 3.24. The Bertz CT molecular complexity index is 423. The van der Waals surface area contributed by atoms with Crippen molar-refractivity contribution in [2.24, 2.45) is 11.8 Å². The van der Waals surface area contributed by atoms with Gasteiger partial charge in [0.2, 0.25) is 0 Å². The quantitative estimate of drug-likeness (QED) is 0.630. The Balaban J connectivity index is 1.64. The van der Waals surface area contributed by atoms with E-state index in [-0.39, 0.29) is 0 Å². The van der Waals surface area contributed by atoms with Crippen LogP contribution in [0.4, 0.5) is 0 Å². The smallest absolute Gasteiger partial charge is 0.0219 e. The Kier molecular flexibility index (Phi) is 4.74. The maximum atomic E-state index is 5.84. The zero-order valence-electron chi connectivity index (χ0n) is 12.5. The minimum atomic E-state index is 0.495. The number of benzene rings is 1. The molecule has 0 spiro atoms. The maximum Gasteiger partial charge on any atom is 0.0219 e. The van der Waals surface area contributed by atoms with Gasteiger partial charge in [0.05, 0.1) is 0 Å². The van der Waals surface area contributed by atoms with Crippen LogP contribution < -0.4 is 11.3 Å². The van der Waals surface area contributed by atoms with Gasteiger partial charge in [0.25, 0.3) is 0 Å². The van der Waals surface area contributed by atoms with Gasteiger partial charge in [0.1, 0.15) is 0 Å². The van der Waals surface area contributed by atoms with Gasteiger partial charge in [-0.2, -0.15) is 0 Å². The number of aryl methyl sites for hydroxylation is 1. The second-order valence-electron chi connectivity index (χ2n) is 6.77. The predicted octanol–water partition coefficient (Wildman–Crippen LogP) is 3.91. The molecule has 110 valence electrons. The first-order valence-corrected chi connectivity index (χ1v) is 8.40. The fourth-order valence-electron chi connectivity index (χ4n) is 4.32. The van der Waals surface area contributed by atoms with Gasteiger partial charge in [-0.3, -0.25) is 11.3 Å². The van der Waals surface area contributed by atoms with Crippen LogP contribution in [0.15, 0.2) is 24.3 Å². The van der Waals surface area contributed by atoms with E-state index in [0.717, 1.165) is 5.92 Å². The molecule has 2 atom stereocenters. The maximum absolute atomic E-state index is 5.84. The van der Waals surface area contributed by atoms with E-state index < -0.39 is 0 Å². The Hall–Kier alpha value is -0.860. The van der Waals surface area contributed by atoms with Gasteiger partial charge in [-0.1, -0.05) is 49.9 Å². The van der Waals surface area contributed by atoms with E-state index in [2.05, 4.69) is 29.7 Å². The highest BCUT2D eigenvalue weighted by Crippen LogP contribution is 2.36. The molecule has 0 aliphatic heterocycles. The van der Waals surface area contributed by atoms with Crippen LogP contribution in [0, 0.1) is 5.92 Å². The predicted molar refractivity (Wildman–Crippen MR) is 84.4 cm³/mol. The third-order valence-corrected chi connectivity index (χ3v) is 5.39. The SMILES string of the molecule is NNC(CC1CCCC1)CC1CCCc2ccccc21. The van der Waals surface area contributed by atoms with E-state index in [1.165, 1.54) is 57.8 Å². The van der Waals surface area contributed by atoms with Crippen molar-refractivity contribution in [2.45, 2.75) is 69.7 Å². The second-order valence-corrected chi connectivity index (χ2v) is 6.77. The van der Waals surface area contributed by atoms with E-state index in [9.17, 15) is 0 Å². The zero-order valence-corrected chi connectivity index (χ0v) is 12.5. The topological polar surface area (TPSA) is 38.0 Å². The van der Waals surface area contributed by atoms with Gasteiger partial charge in [0.15, 0.2) is 0 Å². The molecule has 1 aromatic rings. The summed E-state index contributed by atoms with van der Waals surface area (Å²) in [6.45, 7) is 0. The molecule has 1 aromatic carbocycles. The van der Waals surface area contributed by atoms with Gasteiger partial charge in [-0.15, -0.1) is 0 Å². The van der Waals surface area contributed by atoms with Gasteiger partial charge in [-0.05, 0) is 55.1 Å². The number of fused-ring (bicyclic) bond motifs is 1. The van der Waals surface area contributed by atoms with Gasteiger partial charge in [-0.25, -0.2) is 0 Å². The van der Waals surface area contributed by atoms with E-state index in [1.54, 1.807) is 11.1 Å². The lowest BCUT2D eigenvalue weighted by Crippen LogP contribution is -2.38. The van der Waals surface area contributed by atoms with E-state index in [0.29, 0.717) is 12.0 Å². The highest BCUT2D eigenvalue weighted by atomic mass is 15.2. The van der Waals surface area contributed by atoms with Gasteiger partial charge in [0, 0.05) is 6.04 Å². The lowest BCUT2D eigenvalue weighted by atomic mass is 9.78. The Morgan fingerprint density at radius 1 is 1.05 bits per heavy atom. The average Bonchev–Trinajstić information content (AvgIpc) is 3.00. The van der Waals surface area contributed by atoms with Crippen molar-refractivity contribution in [2.75, 3.05) is 0 Å². The summed E-state index contributed by atoms with van der Waals surface area (Å²) < 4.78 is 0. The first-order chi connectivity index (χ1) is 9.86. The summed E-state index contributed by atoms with van der Waals surface area (Å²) in [6, 6.07) is 9.51. The van der Waals surface area contributed by atoms with Crippen molar-refractivity contribution in [3.63, 3.8) is 0 Å². The summed E-state index contributed by atoms with van der Waals surface area (Å²) >= 11 is 0. The lowest BCUT2D eigenvalue weighted by Gasteiger charge is -2.29. The first-order valence-electron chi connectivity index (χ1n) is 8.40. The van der Waals surface area contributed by atoms with Crippen molar-refractivity contribution >= 4 is 0 Å². The van der Waals surface area contributed by atoms with E-state index >= 15 is 0 Å². The number of nitrogens with two attached hydrogens (primary N) is 1. The molecule has 2 nitrogen and oxygen atoms in total. The number of hydrogen-bond acceptors (Lipinski definition) is 2. The summed E-state index contributed by atoms with van der Waals surface area (Å²) in [5.74, 6) is 7.46. The molecule has 0 heterocycles. The van der Waals surface area contributed by atoms with E-state index in [1.807, 2.05) is 0 Å². The summed E-state index contributed by atoms with van der Waals surface area (Å²) in [6.07, 6.45) is 12.1. The van der Waals surface area contributed by atoms with Crippen LogP contribution in [0.2, 0.25) is 0 Å². The molecule has 0 amide bonds. The lowest BCUT2D eigenvalue weighted by molar-refractivity contribution is 0.343. The fourth-order valence-corrected chi connectivity index (χ4v) is 4.32. The van der Waals surface area contributed by atoms with Crippen molar-refractivity contribution in [1.82, 2.24) is 5.43 Å². The first kappa shape index (κ1) is 14.1. The van der Waals surface area contributed by atoms with Crippen LogP contribution >= 0.6 is 0 Å². The standard InChI is InChI=1S/C18H28N2/c19-20-17(12-14-6-1-2-7-14)13-16-10-5-9-15-8-3-4-11-18(15)16/h3-4,8,11,14,16-17,20H,1-2,5-7,9-10,12-13,19H2. The highest BCUT2D eigenvalue weighted by Gasteiger charge is 2.25. The molecule has 0 saturated heterocycles. The minimum Gasteiger partial charge on any atom is -0.271 e. The molecular weight excluding hydrogens is 244 g/mol. The number of hydrazine groups is 1. The molecule has 3 N–H and O–H groups in total. The molecule has 0 bridgehead atoms. The number of hydrogen-bond donors (Lipinski definition) is 2. The Labute approximate surface area is 123 Å². The summed E-state index contributed by atoms with van der Waals surface area (Å²) in [5.41, 5.74) is 6.27. The average molecular weight is 272 g/mol. The molecule has 1 fully saturated rings. The molecule has 2 unspecified atom stereocenters. The normalized spacial score (nSPS) is 24.6. The van der Waals surface area contributed by atoms with Crippen molar-refractivity contribution in [3.05, 3.63) is 35.4 Å². The van der Waals surface area contributed by atoms with Crippen LogP contribution in [0.1, 0.15) is 68.4 Å². The summed E-state index contributed by atoms with van der Waals surface area (Å²) in [4.78, 5) is 0. The van der Waals surface area contributed by atoms with Gasteiger partial charge < -0.3 is 0 Å². The van der Waals surface area contributed by atoms with Crippen molar-refractivity contribution in [1.29, 1.82) is 0 Å². The monoisotopic (exact) mass is 272 g/mol. The third-order valence-electron chi connectivity index (χ3n) is 5.39. The molecular formula is C18H28N2. The summed E-state index contributed by atoms with van der Waals surface area (Å²) in [5, 5.41) is 0. The molecule has 1 saturated carbocycles. The number of nitrogens with one attached hydrogen (secondary N) is 1. The molecule has 0 radical (unpaired) electrons. The van der Waals surface area contributed by atoms with Crippen molar-refractivity contribution in [3.8, 4) is 0 Å². The van der Waals surface area contributed by atoms with Crippen LogP contribution in [0.3, 0.4) is 0 Å². The van der Waals surface area contributed by atoms with Crippen LogP contribution in [0.5, 0.6) is 0 Å².